The zero-order valence-corrected chi connectivity index (χ0v) is 16.0. The molecule has 28 heavy (non-hydrogen) atoms. The second kappa shape index (κ2) is 6.93. The molecule has 4 rings (SSSR count). The lowest BCUT2D eigenvalue weighted by Crippen LogP contribution is -2.43. The van der Waals surface area contributed by atoms with Crippen molar-refractivity contribution in [3.63, 3.8) is 0 Å². The van der Waals surface area contributed by atoms with Crippen molar-refractivity contribution in [2.75, 3.05) is 24.2 Å². The first kappa shape index (κ1) is 18.5. The average molecular weight is 404 g/mol. The molecule has 0 unspecified atom stereocenters. The van der Waals surface area contributed by atoms with Crippen LogP contribution in [0.2, 0.25) is 0 Å². The molecule has 0 bridgehead atoms. The Morgan fingerprint density at radius 1 is 1.21 bits per heavy atom. The normalized spacial score (nSPS) is 25.3. The molecular weight excluding hydrogens is 384 g/mol. The molecule has 1 aromatic heterocycles. The van der Waals surface area contributed by atoms with Crippen molar-refractivity contribution in [1.82, 2.24) is 15.4 Å². The van der Waals surface area contributed by atoms with Crippen molar-refractivity contribution in [2.24, 2.45) is 5.92 Å². The van der Waals surface area contributed by atoms with Crippen LogP contribution in [0.5, 0.6) is 0 Å². The van der Waals surface area contributed by atoms with Gasteiger partial charge < -0.3 is 20.1 Å². The predicted octanol–water partition coefficient (Wildman–Crippen LogP) is 1.04. The molecule has 0 aliphatic carbocycles. The van der Waals surface area contributed by atoms with Crippen molar-refractivity contribution in [1.29, 1.82) is 0 Å². The Labute approximate surface area is 162 Å². The van der Waals surface area contributed by atoms with Gasteiger partial charge in [0.2, 0.25) is 0 Å². The largest absolute Gasteiger partial charge is 0.361 e. The molecule has 2 aliphatic rings. The van der Waals surface area contributed by atoms with Crippen LogP contribution in [0.15, 0.2) is 40.9 Å². The number of para-hydroxylation sites is 1. The van der Waals surface area contributed by atoms with Gasteiger partial charge in [-0.1, -0.05) is 23.4 Å². The van der Waals surface area contributed by atoms with E-state index in [1.807, 2.05) is 6.07 Å². The Bertz CT molecular complexity index is 1000. The van der Waals surface area contributed by atoms with Crippen LogP contribution in [0.25, 0.3) is 0 Å². The lowest BCUT2D eigenvalue weighted by Gasteiger charge is -2.21. The lowest BCUT2D eigenvalue weighted by molar-refractivity contribution is 0.0922. The fourth-order valence-corrected chi connectivity index (χ4v) is 6.11. The number of anilines is 1. The second-order valence-electron chi connectivity index (χ2n) is 7.14. The Hall–Kier alpha value is -2.88. The summed E-state index contributed by atoms with van der Waals surface area (Å²) in [7, 11) is -3.42. The number of rotatable bonds is 3. The van der Waals surface area contributed by atoms with E-state index >= 15 is 0 Å². The number of benzene rings is 1. The number of hydrogen-bond donors (Lipinski definition) is 2. The molecule has 3 amide bonds. The molecular formula is C18H20N4O5S. The van der Waals surface area contributed by atoms with Gasteiger partial charge in [0.1, 0.15) is 5.76 Å². The highest BCUT2D eigenvalue weighted by Gasteiger charge is 2.53. The number of sulfone groups is 1. The molecule has 9 nitrogen and oxygen atoms in total. The van der Waals surface area contributed by atoms with Crippen molar-refractivity contribution < 1.29 is 22.5 Å². The van der Waals surface area contributed by atoms with Gasteiger partial charge in [-0.3, -0.25) is 4.79 Å². The van der Waals surface area contributed by atoms with E-state index in [1.165, 1.54) is 11.0 Å². The van der Waals surface area contributed by atoms with E-state index in [2.05, 4.69) is 15.8 Å². The Balaban J connectivity index is 1.46. The van der Waals surface area contributed by atoms with E-state index in [0.717, 1.165) is 0 Å². The first-order chi connectivity index (χ1) is 13.3. The maximum Gasteiger partial charge on any atom is 0.321 e. The predicted molar refractivity (Wildman–Crippen MR) is 101 cm³/mol. The molecule has 0 spiro atoms. The molecule has 2 fully saturated rings. The van der Waals surface area contributed by atoms with Crippen LogP contribution in [0.3, 0.4) is 0 Å². The zero-order chi connectivity index (χ0) is 19.9. The van der Waals surface area contributed by atoms with Crippen molar-refractivity contribution in [3.05, 3.63) is 47.9 Å². The molecule has 2 N–H and O–H groups in total. The van der Waals surface area contributed by atoms with E-state index in [4.69, 9.17) is 4.52 Å². The summed E-state index contributed by atoms with van der Waals surface area (Å²) in [5.74, 6) is -0.487. The SMILES string of the molecule is Cc1cc(C(=O)N[C@@H]2CS(=O)(=O)[C@H]3CN(C(=O)Nc4ccccc4)C[C@@H]23)no1. The van der Waals surface area contributed by atoms with Gasteiger partial charge in [-0.05, 0) is 19.1 Å². The maximum atomic E-state index is 12.6. The number of carbonyl (C=O) groups is 2. The van der Waals surface area contributed by atoms with Gasteiger partial charge in [0.05, 0.1) is 11.0 Å². The number of aromatic nitrogens is 1. The summed E-state index contributed by atoms with van der Waals surface area (Å²) in [6.45, 7) is 2.03. The minimum absolute atomic E-state index is 0.107. The average Bonchev–Trinajstić information content (AvgIpc) is 3.33. The van der Waals surface area contributed by atoms with Gasteiger partial charge in [0.15, 0.2) is 15.5 Å². The third-order valence-electron chi connectivity index (χ3n) is 5.19. The summed E-state index contributed by atoms with van der Waals surface area (Å²) in [5, 5.41) is 8.49. The number of urea groups is 1. The quantitative estimate of drug-likeness (QED) is 0.788. The summed E-state index contributed by atoms with van der Waals surface area (Å²) >= 11 is 0. The zero-order valence-electron chi connectivity index (χ0n) is 15.2. The van der Waals surface area contributed by atoms with Gasteiger partial charge in [0.25, 0.3) is 5.91 Å². The monoisotopic (exact) mass is 404 g/mol. The Morgan fingerprint density at radius 2 is 1.96 bits per heavy atom. The highest BCUT2D eigenvalue weighted by Crippen LogP contribution is 2.34. The highest BCUT2D eigenvalue weighted by atomic mass is 32.2. The third-order valence-corrected chi connectivity index (χ3v) is 7.43. The molecule has 0 radical (unpaired) electrons. The van der Waals surface area contributed by atoms with Crippen LogP contribution in [0, 0.1) is 12.8 Å². The first-order valence-electron chi connectivity index (χ1n) is 8.90. The Kier molecular flexibility index (Phi) is 4.58. The molecule has 3 atom stereocenters. The number of likely N-dealkylation sites (tertiary alicyclic amines) is 1. The molecule has 2 aliphatic heterocycles. The molecule has 148 valence electrons. The Morgan fingerprint density at radius 3 is 2.64 bits per heavy atom. The summed E-state index contributed by atoms with van der Waals surface area (Å²) < 4.78 is 30.0. The molecule has 1 aromatic carbocycles. The number of amides is 3. The van der Waals surface area contributed by atoms with Crippen LogP contribution in [-0.4, -0.2) is 60.5 Å². The molecule has 0 saturated carbocycles. The molecule has 2 aromatic rings. The van der Waals surface area contributed by atoms with E-state index in [0.29, 0.717) is 11.4 Å². The molecule has 3 heterocycles. The number of nitrogens with one attached hydrogen (secondary N) is 2. The number of aryl methyl sites for hydroxylation is 1. The van der Waals surface area contributed by atoms with Gasteiger partial charge in [0, 0.05) is 36.8 Å². The minimum Gasteiger partial charge on any atom is -0.361 e. The van der Waals surface area contributed by atoms with Crippen LogP contribution < -0.4 is 10.6 Å². The highest BCUT2D eigenvalue weighted by molar-refractivity contribution is 7.92. The van der Waals surface area contributed by atoms with E-state index in [1.54, 1.807) is 31.2 Å². The van der Waals surface area contributed by atoms with E-state index in [-0.39, 0.29) is 36.5 Å². The fourth-order valence-electron chi connectivity index (χ4n) is 3.82. The summed E-state index contributed by atoms with van der Waals surface area (Å²) in [5.41, 5.74) is 0.744. The lowest BCUT2D eigenvalue weighted by atomic mass is 10.0. The fraction of sp³-hybridized carbons (Fsp3) is 0.389. The molecule has 10 heteroatoms. The van der Waals surface area contributed by atoms with Crippen LogP contribution in [0.4, 0.5) is 10.5 Å². The van der Waals surface area contributed by atoms with E-state index in [9.17, 15) is 18.0 Å². The maximum absolute atomic E-state index is 12.6. The number of hydrogen-bond acceptors (Lipinski definition) is 6. The number of carbonyl (C=O) groups excluding carboxylic acids is 2. The summed E-state index contributed by atoms with van der Waals surface area (Å²) in [4.78, 5) is 26.4. The van der Waals surface area contributed by atoms with Crippen LogP contribution >= 0.6 is 0 Å². The van der Waals surface area contributed by atoms with Crippen molar-refractivity contribution in [2.45, 2.75) is 18.2 Å². The number of nitrogens with zero attached hydrogens (tertiary/aromatic N) is 2. The third kappa shape index (κ3) is 3.47. The van der Waals surface area contributed by atoms with Gasteiger partial charge in [-0.15, -0.1) is 0 Å². The van der Waals surface area contributed by atoms with Crippen molar-refractivity contribution >= 4 is 27.5 Å². The second-order valence-corrected chi connectivity index (χ2v) is 9.40. The van der Waals surface area contributed by atoms with Crippen LogP contribution in [-0.2, 0) is 9.84 Å². The number of fused-ring (bicyclic) bond motifs is 1. The van der Waals surface area contributed by atoms with E-state index < -0.39 is 27.0 Å². The minimum atomic E-state index is -3.42. The smallest absolute Gasteiger partial charge is 0.321 e. The summed E-state index contributed by atoms with van der Waals surface area (Å²) in [6.07, 6.45) is 0. The first-order valence-corrected chi connectivity index (χ1v) is 10.6. The van der Waals surface area contributed by atoms with Gasteiger partial charge in [-0.25, -0.2) is 13.2 Å². The summed E-state index contributed by atoms with van der Waals surface area (Å²) in [6, 6.07) is 9.52. The molecule has 2 saturated heterocycles. The standard InChI is InChI=1S/C18H20N4O5S/c1-11-7-14(21-27-11)17(23)20-15-10-28(25,26)16-9-22(8-13(15)16)18(24)19-12-5-3-2-4-6-12/h2-7,13,15-16H,8-10H2,1H3,(H,19,24)(H,20,23)/t13-,15+,16-/m0/s1. The van der Waals surface area contributed by atoms with Gasteiger partial charge >= 0.3 is 6.03 Å². The topological polar surface area (TPSA) is 122 Å². The van der Waals surface area contributed by atoms with Crippen molar-refractivity contribution in [3.8, 4) is 0 Å². The van der Waals surface area contributed by atoms with Gasteiger partial charge in [-0.2, -0.15) is 0 Å². The van der Waals surface area contributed by atoms with Crippen LogP contribution in [0.1, 0.15) is 16.2 Å².